The van der Waals surface area contributed by atoms with Gasteiger partial charge in [0.15, 0.2) is 0 Å². The number of hydrogen-bond donors (Lipinski definition) is 1. The second-order valence-corrected chi connectivity index (χ2v) is 11.0. The van der Waals surface area contributed by atoms with Gasteiger partial charge in [0.05, 0.1) is 19.1 Å². The number of ether oxygens (including phenoxy) is 1. The van der Waals surface area contributed by atoms with E-state index in [4.69, 9.17) is 4.74 Å². The molecule has 0 heterocycles. The number of amides is 2. The van der Waals surface area contributed by atoms with Crippen LogP contribution in [0.3, 0.4) is 0 Å². The van der Waals surface area contributed by atoms with Crippen molar-refractivity contribution in [3.63, 3.8) is 0 Å². The van der Waals surface area contributed by atoms with Crippen molar-refractivity contribution in [2.24, 2.45) is 0 Å². The van der Waals surface area contributed by atoms with Crippen LogP contribution in [0.4, 0.5) is 5.69 Å². The summed E-state index contributed by atoms with van der Waals surface area (Å²) in [6.45, 7) is 7.98. The van der Waals surface area contributed by atoms with Crippen LogP contribution in [-0.4, -0.2) is 57.1 Å². The maximum Gasteiger partial charge on any atom is 0.242 e. The third-order valence-electron chi connectivity index (χ3n) is 6.15. The normalized spacial score (nSPS) is 12.9. The van der Waals surface area contributed by atoms with Crippen LogP contribution in [0, 0.1) is 6.92 Å². The number of aryl methyl sites for hydroxylation is 1. The monoisotopic (exact) mass is 517 g/mol. The van der Waals surface area contributed by atoms with E-state index in [0.717, 1.165) is 23.8 Å². The van der Waals surface area contributed by atoms with Crippen LogP contribution >= 0.6 is 0 Å². The maximum atomic E-state index is 13.3. The molecule has 0 saturated carbocycles. The number of nitrogens with one attached hydrogen (secondary N) is 1. The Morgan fingerprint density at radius 3 is 2.17 bits per heavy atom. The van der Waals surface area contributed by atoms with E-state index < -0.39 is 16.1 Å². The molecule has 2 unspecified atom stereocenters. The first kappa shape index (κ1) is 29.2. The third-order valence-corrected chi connectivity index (χ3v) is 7.35. The summed E-state index contributed by atoms with van der Waals surface area (Å²) in [6, 6.07) is 13.9. The summed E-state index contributed by atoms with van der Waals surface area (Å²) in [5.74, 6) is 0.273. The largest absolute Gasteiger partial charge is 0.497 e. The van der Waals surface area contributed by atoms with Crippen molar-refractivity contribution >= 4 is 27.5 Å². The molecular formula is C27H39N3O5S. The number of nitrogens with zero attached hydrogens (tertiary/aromatic N) is 2. The number of carbonyl (C=O) groups excluding carboxylic acids is 2. The first-order chi connectivity index (χ1) is 17.0. The summed E-state index contributed by atoms with van der Waals surface area (Å²) in [7, 11) is -1.93. The third kappa shape index (κ3) is 8.55. The summed E-state index contributed by atoms with van der Waals surface area (Å²) in [5, 5.41) is 2.95. The molecule has 0 bridgehead atoms. The molecule has 0 saturated heterocycles. The number of rotatable bonds is 13. The predicted octanol–water partition coefficient (Wildman–Crippen LogP) is 3.88. The Kier molecular flexibility index (Phi) is 10.8. The van der Waals surface area contributed by atoms with Crippen LogP contribution in [0.1, 0.15) is 51.2 Å². The van der Waals surface area contributed by atoms with Gasteiger partial charge >= 0.3 is 0 Å². The van der Waals surface area contributed by atoms with Crippen molar-refractivity contribution in [1.29, 1.82) is 0 Å². The number of methoxy groups -OCH3 is 1. The average Bonchev–Trinajstić information content (AvgIpc) is 2.84. The van der Waals surface area contributed by atoms with Gasteiger partial charge in [-0.3, -0.25) is 13.9 Å². The summed E-state index contributed by atoms with van der Waals surface area (Å²) >= 11 is 0. The summed E-state index contributed by atoms with van der Waals surface area (Å²) in [5.41, 5.74) is 2.46. The lowest BCUT2D eigenvalue weighted by Gasteiger charge is -2.30. The first-order valence-corrected chi connectivity index (χ1v) is 14.1. The van der Waals surface area contributed by atoms with Crippen LogP contribution in [0.15, 0.2) is 48.5 Å². The van der Waals surface area contributed by atoms with E-state index in [1.165, 1.54) is 4.31 Å². The molecule has 1 N–H and O–H groups in total. The predicted molar refractivity (Wildman–Crippen MR) is 144 cm³/mol. The molecule has 0 fully saturated rings. The van der Waals surface area contributed by atoms with Crippen molar-refractivity contribution in [2.45, 2.75) is 65.6 Å². The van der Waals surface area contributed by atoms with Crippen LogP contribution in [0.2, 0.25) is 0 Å². The average molecular weight is 518 g/mol. The van der Waals surface area contributed by atoms with E-state index in [1.807, 2.05) is 57.2 Å². The number of benzene rings is 2. The standard InChI is InChI=1S/C27H39N3O5S/c1-7-21(3)28-27(32)22(4)29(19-23-12-16-25(35-5)17-13-23)26(31)9-8-18-30(36(6,33)34)24-14-10-20(2)11-15-24/h10-17,21-22H,7-9,18-19H2,1-6H3,(H,28,32). The Hall–Kier alpha value is -3.07. The molecule has 0 aliphatic carbocycles. The molecule has 0 spiro atoms. The number of carbonyl (C=O) groups is 2. The Labute approximate surface area is 215 Å². The summed E-state index contributed by atoms with van der Waals surface area (Å²) < 4.78 is 31.4. The topological polar surface area (TPSA) is 96.0 Å². The molecule has 8 nitrogen and oxygen atoms in total. The van der Waals surface area contributed by atoms with Crippen molar-refractivity contribution in [3.05, 3.63) is 59.7 Å². The van der Waals surface area contributed by atoms with E-state index in [-0.39, 0.29) is 37.4 Å². The van der Waals surface area contributed by atoms with Gasteiger partial charge in [-0.2, -0.15) is 0 Å². The second kappa shape index (κ2) is 13.3. The van der Waals surface area contributed by atoms with Gasteiger partial charge < -0.3 is 15.0 Å². The second-order valence-electron chi connectivity index (χ2n) is 9.14. The zero-order valence-corrected chi connectivity index (χ0v) is 23.0. The van der Waals surface area contributed by atoms with Gasteiger partial charge in [-0.15, -0.1) is 0 Å². The Morgan fingerprint density at radius 2 is 1.64 bits per heavy atom. The van der Waals surface area contributed by atoms with E-state index in [2.05, 4.69) is 5.32 Å². The highest BCUT2D eigenvalue weighted by Gasteiger charge is 2.27. The minimum Gasteiger partial charge on any atom is -0.497 e. The van der Waals surface area contributed by atoms with Gasteiger partial charge in [-0.1, -0.05) is 36.8 Å². The molecule has 0 radical (unpaired) electrons. The lowest BCUT2D eigenvalue weighted by Crippen LogP contribution is -2.49. The minimum absolute atomic E-state index is 0.00397. The van der Waals surface area contributed by atoms with Crippen molar-refractivity contribution in [1.82, 2.24) is 10.2 Å². The van der Waals surface area contributed by atoms with E-state index >= 15 is 0 Å². The lowest BCUT2D eigenvalue weighted by molar-refractivity contribution is -0.140. The smallest absolute Gasteiger partial charge is 0.242 e. The molecule has 2 aromatic carbocycles. The first-order valence-electron chi connectivity index (χ1n) is 12.2. The molecule has 2 atom stereocenters. The molecular weight excluding hydrogens is 478 g/mol. The van der Waals surface area contributed by atoms with Crippen molar-refractivity contribution < 1.29 is 22.7 Å². The molecule has 0 aromatic heterocycles. The molecule has 0 aliphatic heterocycles. The van der Waals surface area contributed by atoms with Gasteiger partial charge in [0, 0.05) is 25.6 Å². The van der Waals surface area contributed by atoms with Crippen LogP contribution in [0.5, 0.6) is 5.75 Å². The molecule has 2 rings (SSSR count). The van der Waals surface area contributed by atoms with Gasteiger partial charge in [0.25, 0.3) is 0 Å². The SMILES string of the molecule is CCC(C)NC(=O)C(C)N(Cc1ccc(OC)cc1)C(=O)CCCN(c1ccc(C)cc1)S(C)(=O)=O. The highest BCUT2D eigenvalue weighted by molar-refractivity contribution is 7.92. The fourth-order valence-corrected chi connectivity index (χ4v) is 4.66. The molecule has 0 aliphatic rings. The summed E-state index contributed by atoms with van der Waals surface area (Å²) in [6.07, 6.45) is 2.37. The zero-order valence-electron chi connectivity index (χ0n) is 22.2. The minimum atomic E-state index is -3.52. The van der Waals surface area contributed by atoms with E-state index in [9.17, 15) is 18.0 Å². The molecule has 2 amide bonds. The Balaban J connectivity index is 2.17. The van der Waals surface area contributed by atoms with Crippen LogP contribution in [-0.2, 0) is 26.2 Å². The van der Waals surface area contributed by atoms with Gasteiger partial charge in [0.2, 0.25) is 21.8 Å². The maximum absolute atomic E-state index is 13.3. The van der Waals surface area contributed by atoms with Crippen LogP contribution in [0.25, 0.3) is 0 Å². The van der Waals surface area contributed by atoms with Gasteiger partial charge in [-0.25, -0.2) is 8.42 Å². The highest BCUT2D eigenvalue weighted by Crippen LogP contribution is 2.20. The number of hydrogen-bond acceptors (Lipinski definition) is 5. The molecule has 2 aromatic rings. The fourth-order valence-electron chi connectivity index (χ4n) is 3.69. The van der Waals surface area contributed by atoms with Gasteiger partial charge in [0.1, 0.15) is 11.8 Å². The quantitative estimate of drug-likeness (QED) is 0.435. The Morgan fingerprint density at radius 1 is 1.03 bits per heavy atom. The van der Waals surface area contributed by atoms with Gasteiger partial charge in [-0.05, 0) is 63.4 Å². The number of anilines is 1. The lowest BCUT2D eigenvalue weighted by atomic mass is 10.1. The van der Waals surface area contributed by atoms with E-state index in [0.29, 0.717) is 17.9 Å². The van der Waals surface area contributed by atoms with Crippen molar-refractivity contribution in [3.8, 4) is 5.75 Å². The molecule has 36 heavy (non-hydrogen) atoms. The number of sulfonamides is 1. The zero-order chi connectivity index (χ0) is 26.9. The summed E-state index contributed by atoms with van der Waals surface area (Å²) in [4.78, 5) is 27.8. The Bertz CT molecular complexity index is 1100. The van der Waals surface area contributed by atoms with Crippen molar-refractivity contribution in [2.75, 3.05) is 24.2 Å². The van der Waals surface area contributed by atoms with E-state index in [1.54, 1.807) is 31.1 Å². The highest BCUT2D eigenvalue weighted by atomic mass is 32.2. The van der Waals surface area contributed by atoms with Crippen LogP contribution < -0.4 is 14.4 Å². The molecule has 9 heteroatoms. The fraction of sp³-hybridized carbons (Fsp3) is 0.481. The molecule has 198 valence electrons.